The summed E-state index contributed by atoms with van der Waals surface area (Å²) in [6.07, 6.45) is 2.38. The van der Waals surface area contributed by atoms with E-state index in [0.29, 0.717) is 17.0 Å². The lowest BCUT2D eigenvalue weighted by Crippen LogP contribution is -2.48. The number of fused-ring (bicyclic) bond motifs is 2. The monoisotopic (exact) mass is 417 g/mol. The van der Waals surface area contributed by atoms with Crippen molar-refractivity contribution in [3.05, 3.63) is 77.1 Å². The molecule has 3 aromatic carbocycles. The van der Waals surface area contributed by atoms with Crippen LogP contribution in [-0.4, -0.2) is 24.2 Å². The lowest BCUT2D eigenvalue weighted by molar-refractivity contribution is 0.0956. The summed E-state index contributed by atoms with van der Waals surface area (Å²) in [5, 5.41) is 5.89. The van der Waals surface area contributed by atoms with Crippen molar-refractivity contribution in [2.24, 2.45) is 5.10 Å². The Balaban J connectivity index is 1.59. The standard InChI is InChI=1S/C26H28FN3O/c1-5-30-24-14-23(27)19(13-22(24)17(2)15-26(30,3)4)16-28-29-25(31)21-12-8-10-18-9-6-7-11-20(18)21/h6-14,16-17H,5,15H2,1-4H3,(H,29,31)/b28-16-. The van der Waals surface area contributed by atoms with E-state index in [1.165, 1.54) is 6.21 Å². The number of hydrogen-bond acceptors (Lipinski definition) is 3. The number of anilines is 1. The van der Waals surface area contributed by atoms with Crippen molar-refractivity contribution in [2.75, 3.05) is 11.4 Å². The van der Waals surface area contributed by atoms with Crippen molar-refractivity contribution < 1.29 is 9.18 Å². The van der Waals surface area contributed by atoms with Gasteiger partial charge in [-0.25, -0.2) is 9.82 Å². The summed E-state index contributed by atoms with van der Waals surface area (Å²) in [5.41, 5.74) is 5.50. The van der Waals surface area contributed by atoms with Crippen LogP contribution in [0.1, 0.15) is 61.5 Å². The number of amides is 1. The smallest absolute Gasteiger partial charge is 0.271 e. The Morgan fingerprint density at radius 1 is 1.23 bits per heavy atom. The van der Waals surface area contributed by atoms with Gasteiger partial charge in [-0.15, -0.1) is 0 Å². The van der Waals surface area contributed by atoms with Crippen LogP contribution in [-0.2, 0) is 0 Å². The summed E-state index contributed by atoms with van der Waals surface area (Å²) in [6, 6.07) is 16.7. The molecule has 1 atom stereocenters. The number of benzene rings is 3. The lowest BCUT2D eigenvalue weighted by atomic mass is 9.79. The molecule has 0 aromatic heterocycles. The highest BCUT2D eigenvalue weighted by Crippen LogP contribution is 2.43. The third kappa shape index (κ3) is 3.92. The first-order valence-corrected chi connectivity index (χ1v) is 10.7. The van der Waals surface area contributed by atoms with E-state index in [1.807, 2.05) is 42.5 Å². The van der Waals surface area contributed by atoms with Gasteiger partial charge in [0.25, 0.3) is 5.91 Å². The molecule has 4 rings (SSSR count). The van der Waals surface area contributed by atoms with Crippen molar-refractivity contribution in [1.29, 1.82) is 0 Å². The van der Waals surface area contributed by atoms with E-state index in [2.05, 4.69) is 43.1 Å². The fraction of sp³-hybridized carbons (Fsp3) is 0.308. The van der Waals surface area contributed by atoms with Gasteiger partial charge in [-0.05, 0) is 67.6 Å². The Hall–Kier alpha value is -3.21. The molecular formula is C26H28FN3O. The quantitative estimate of drug-likeness (QED) is 0.427. The number of hydrazone groups is 1. The van der Waals surface area contributed by atoms with Crippen LogP contribution in [0.25, 0.3) is 10.8 Å². The van der Waals surface area contributed by atoms with Crippen LogP contribution in [0.4, 0.5) is 10.1 Å². The summed E-state index contributed by atoms with van der Waals surface area (Å²) >= 11 is 0. The minimum atomic E-state index is -0.342. The third-order valence-corrected chi connectivity index (χ3v) is 6.22. The SMILES string of the molecule is CCN1c2cc(F)c(/C=N\NC(=O)c3cccc4ccccc34)cc2C(C)CC1(C)C. The Morgan fingerprint density at radius 2 is 1.97 bits per heavy atom. The number of carbonyl (C=O) groups excluding carboxylic acids is 1. The molecule has 1 aliphatic rings. The molecule has 1 amide bonds. The second-order valence-corrected chi connectivity index (χ2v) is 8.82. The second-order valence-electron chi connectivity index (χ2n) is 8.82. The lowest BCUT2D eigenvalue weighted by Gasteiger charge is -2.47. The molecule has 0 saturated heterocycles. The molecule has 0 bridgehead atoms. The molecular weight excluding hydrogens is 389 g/mol. The van der Waals surface area contributed by atoms with E-state index in [1.54, 1.807) is 12.1 Å². The van der Waals surface area contributed by atoms with Gasteiger partial charge in [0.05, 0.1) is 6.21 Å². The number of hydrogen-bond donors (Lipinski definition) is 1. The molecule has 0 spiro atoms. The minimum Gasteiger partial charge on any atom is -0.366 e. The summed E-state index contributed by atoms with van der Waals surface area (Å²) < 4.78 is 14.9. The van der Waals surface area contributed by atoms with E-state index in [0.717, 1.165) is 35.0 Å². The molecule has 31 heavy (non-hydrogen) atoms. The summed E-state index contributed by atoms with van der Waals surface area (Å²) in [5.74, 6) is -0.352. The zero-order valence-corrected chi connectivity index (χ0v) is 18.4. The molecule has 3 aromatic rings. The Morgan fingerprint density at radius 3 is 2.74 bits per heavy atom. The molecule has 1 aliphatic heterocycles. The van der Waals surface area contributed by atoms with Crippen molar-refractivity contribution >= 4 is 28.6 Å². The summed E-state index contributed by atoms with van der Waals surface area (Å²) in [6.45, 7) is 9.49. The second kappa shape index (κ2) is 8.14. The molecule has 4 nitrogen and oxygen atoms in total. The highest BCUT2D eigenvalue weighted by Gasteiger charge is 2.36. The van der Waals surface area contributed by atoms with Gasteiger partial charge in [0.15, 0.2) is 0 Å². The van der Waals surface area contributed by atoms with Gasteiger partial charge in [-0.2, -0.15) is 5.10 Å². The van der Waals surface area contributed by atoms with Crippen LogP contribution in [0.3, 0.4) is 0 Å². The van der Waals surface area contributed by atoms with Crippen molar-refractivity contribution in [3.8, 4) is 0 Å². The maximum Gasteiger partial charge on any atom is 0.271 e. The Kier molecular flexibility index (Phi) is 5.52. The first-order chi connectivity index (χ1) is 14.8. The topological polar surface area (TPSA) is 44.7 Å². The van der Waals surface area contributed by atoms with E-state index < -0.39 is 0 Å². The number of carbonyl (C=O) groups is 1. The van der Waals surface area contributed by atoms with Crippen LogP contribution < -0.4 is 10.3 Å². The normalized spacial score (nSPS) is 17.7. The first kappa shape index (κ1) is 21.0. The number of nitrogens with one attached hydrogen (secondary N) is 1. The van der Waals surface area contributed by atoms with E-state index in [4.69, 9.17) is 0 Å². The molecule has 0 saturated carbocycles. The van der Waals surface area contributed by atoms with Crippen LogP contribution in [0.2, 0.25) is 0 Å². The van der Waals surface area contributed by atoms with E-state index in [-0.39, 0.29) is 17.3 Å². The van der Waals surface area contributed by atoms with Crippen molar-refractivity contribution in [2.45, 2.75) is 45.6 Å². The van der Waals surface area contributed by atoms with Crippen LogP contribution in [0, 0.1) is 5.82 Å². The fourth-order valence-electron chi connectivity index (χ4n) is 4.86. The first-order valence-electron chi connectivity index (χ1n) is 10.7. The molecule has 0 aliphatic carbocycles. The average molecular weight is 418 g/mol. The average Bonchev–Trinajstić information content (AvgIpc) is 2.73. The van der Waals surface area contributed by atoms with Gasteiger partial charge in [0.1, 0.15) is 5.82 Å². The minimum absolute atomic E-state index is 0.0182. The summed E-state index contributed by atoms with van der Waals surface area (Å²) in [4.78, 5) is 14.9. The van der Waals surface area contributed by atoms with Gasteiger partial charge < -0.3 is 4.90 Å². The molecule has 5 heteroatoms. The predicted molar refractivity (Wildman–Crippen MR) is 126 cm³/mol. The van der Waals surface area contributed by atoms with Gasteiger partial charge in [0, 0.05) is 28.9 Å². The van der Waals surface area contributed by atoms with Gasteiger partial charge in [-0.3, -0.25) is 4.79 Å². The fourth-order valence-corrected chi connectivity index (χ4v) is 4.86. The highest BCUT2D eigenvalue weighted by atomic mass is 19.1. The molecule has 1 heterocycles. The van der Waals surface area contributed by atoms with E-state index >= 15 is 0 Å². The van der Waals surface area contributed by atoms with Gasteiger partial charge >= 0.3 is 0 Å². The Labute approximate surface area is 182 Å². The molecule has 1 N–H and O–H groups in total. The highest BCUT2D eigenvalue weighted by molar-refractivity contribution is 6.07. The zero-order valence-electron chi connectivity index (χ0n) is 18.4. The number of halogens is 1. The molecule has 160 valence electrons. The van der Waals surface area contributed by atoms with Crippen LogP contribution in [0.15, 0.2) is 59.7 Å². The number of nitrogens with zero attached hydrogens (tertiary/aromatic N) is 2. The maximum atomic E-state index is 14.9. The zero-order chi connectivity index (χ0) is 22.2. The molecule has 1 unspecified atom stereocenters. The number of rotatable bonds is 4. The van der Waals surface area contributed by atoms with Gasteiger partial charge in [-0.1, -0.05) is 43.3 Å². The van der Waals surface area contributed by atoms with Crippen LogP contribution >= 0.6 is 0 Å². The summed E-state index contributed by atoms with van der Waals surface area (Å²) in [7, 11) is 0. The van der Waals surface area contributed by atoms with Crippen LogP contribution in [0.5, 0.6) is 0 Å². The van der Waals surface area contributed by atoms with E-state index in [9.17, 15) is 9.18 Å². The van der Waals surface area contributed by atoms with Crippen molar-refractivity contribution in [1.82, 2.24) is 5.43 Å². The predicted octanol–water partition coefficient (Wildman–Crippen LogP) is 5.85. The van der Waals surface area contributed by atoms with Crippen molar-refractivity contribution in [3.63, 3.8) is 0 Å². The third-order valence-electron chi connectivity index (χ3n) is 6.22. The maximum absolute atomic E-state index is 14.9. The largest absolute Gasteiger partial charge is 0.366 e. The molecule has 0 fully saturated rings. The van der Waals surface area contributed by atoms with Gasteiger partial charge in [0.2, 0.25) is 0 Å². The molecule has 0 radical (unpaired) electrons. The Bertz CT molecular complexity index is 1160.